The summed E-state index contributed by atoms with van der Waals surface area (Å²) in [4.78, 5) is 11.1. The fourth-order valence-electron chi connectivity index (χ4n) is 1.11. The van der Waals surface area contributed by atoms with E-state index in [2.05, 4.69) is 0 Å². The van der Waals surface area contributed by atoms with Gasteiger partial charge in [-0.1, -0.05) is 12.1 Å². The van der Waals surface area contributed by atoms with Crippen molar-refractivity contribution in [1.82, 2.24) is 0 Å². The number of esters is 1. The number of hydrogen-bond acceptors (Lipinski definition) is 4. The first kappa shape index (κ1) is 12.5. The van der Waals surface area contributed by atoms with Crippen molar-refractivity contribution < 1.29 is 19.0 Å². The van der Waals surface area contributed by atoms with Gasteiger partial charge in [0, 0.05) is 6.61 Å². The van der Waals surface area contributed by atoms with Gasteiger partial charge in [-0.25, -0.2) is 4.79 Å². The molecule has 1 rings (SSSR count). The summed E-state index contributed by atoms with van der Waals surface area (Å²) < 4.78 is 14.9. The molecule has 0 fully saturated rings. The van der Waals surface area contributed by atoms with Crippen molar-refractivity contribution in [3.63, 3.8) is 0 Å². The molecule has 88 valence electrons. The van der Waals surface area contributed by atoms with E-state index in [0.717, 1.165) is 11.3 Å². The van der Waals surface area contributed by atoms with Crippen LogP contribution >= 0.6 is 0 Å². The lowest BCUT2D eigenvalue weighted by atomic mass is 10.2. The highest BCUT2D eigenvalue weighted by Crippen LogP contribution is 2.11. The van der Waals surface area contributed by atoms with Gasteiger partial charge in [-0.3, -0.25) is 0 Å². The van der Waals surface area contributed by atoms with E-state index < -0.39 is 0 Å². The van der Waals surface area contributed by atoms with Gasteiger partial charge in [0.05, 0.1) is 7.11 Å². The van der Waals surface area contributed by atoms with Gasteiger partial charge >= 0.3 is 5.97 Å². The minimum Gasteiger partial charge on any atom is -0.497 e. The number of rotatable bonds is 6. The van der Waals surface area contributed by atoms with Crippen LogP contribution in [0.4, 0.5) is 0 Å². The van der Waals surface area contributed by atoms with Crippen molar-refractivity contribution in [3.05, 3.63) is 29.8 Å². The molecule has 0 saturated heterocycles. The summed E-state index contributed by atoms with van der Waals surface area (Å²) in [5.74, 6) is 0.432. The number of carbonyl (C=O) groups excluding carboxylic acids is 1. The van der Waals surface area contributed by atoms with Crippen LogP contribution in [0.2, 0.25) is 0 Å². The first-order valence-corrected chi connectivity index (χ1v) is 5.12. The molecule has 0 heterocycles. The van der Waals surface area contributed by atoms with E-state index in [1.54, 1.807) is 7.11 Å². The van der Waals surface area contributed by atoms with Crippen LogP contribution in [-0.2, 0) is 20.9 Å². The van der Waals surface area contributed by atoms with Crippen molar-refractivity contribution >= 4 is 5.97 Å². The zero-order chi connectivity index (χ0) is 11.8. The third-order valence-corrected chi connectivity index (χ3v) is 1.98. The number of benzene rings is 1. The second-order valence-electron chi connectivity index (χ2n) is 3.15. The van der Waals surface area contributed by atoms with Crippen LogP contribution in [0.1, 0.15) is 12.5 Å². The standard InChI is InChI=1S/C12H16O4/c1-3-15-9-12(13)16-8-10-4-6-11(14-2)7-5-10/h4-7H,3,8-9H2,1-2H3. The SMILES string of the molecule is CCOCC(=O)OCc1ccc(OC)cc1. The molecule has 0 aromatic heterocycles. The Bertz CT molecular complexity index is 318. The summed E-state index contributed by atoms with van der Waals surface area (Å²) in [5.41, 5.74) is 0.922. The summed E-state index contributed by atoms with van der Waals surface area (Å²) in [5, 5.41) is 0. The maximum atomic E-state index is 11.1. The van der Waals surface area contributed by atoms with E-state index in [-0.39, 0.29) is 19.2 Å². The van der Waals surface area contributed by atoms with Crippen LogP contribution in [0.5, 0.6) is 5.75 Å². The monoisotopic (exact) mass is 224 g/mol. The van der Waals surface area contributed by atoms with Gasteiger partial charge in [-0.2, -0.15) is 0 Å². The third kappa shape index (κ3) is 4.31. The van der Waals surface area contributed by atoms with E-state index in [1.807, 2.05) is 31.2 Å². The summed E-state index contributed by atoms with van der Waals surface area (Å²) in [6, 6.07) is 7.36. The van der Waals surface area contributed by atoms with Gasteiger partial charge in [0.15, 0.2) is 0 Å². The highest BCUT2D eigenvalue weighted by molar-refractivity contribution is 5.70. The zero-order valence-electron chi connectivity index (χ0n) is 9.56. The van der Waals surface area contributed by atoms with Gasteiger partial charge < -0.3 is 14.2 Å². The van der Waals surface area contributed by atoms with Gasteiger partial charge in [0.1, 0.15) is 19.0 Å². The van der Waals surface area contributed by atoms with Gasteiger partial charge in [-0.05, 0) is 24.6 Å². The van der Waals surface area contributed by atoms with Crippen molar-refractivity contribution in [1.29, 1.82) is 0 Å². The van der Waals surface area contributed by atoms with Crippen LogP contribution in [-0.4, -0.2) is 26.3 Å². The number of hydrogen-bond donors (Lipinski definition) is 0. The Balaban J connectivity index is 2.33. The lowest BCUT2D eigenvalue weighted by Crippen LogP contribution is -2.12. The van der Waals surface area contributed by atoms with Crippen LogP contribution in [0.3, 0.4) is 0 Å². The van der Waals surface area contributed by atoms with Crippen LogP contribution < -0.4 is 4.74 Å². The Kier molecular flexibility index (Phi) is 5.36. The Morgan fingerprint density at radius 2 is 1.94 bits per heavy atom. The van der Waals surface area contributed by atoms with Gasteiger partial charge in [0.2, 0.25) is 0 Å². The molecule has 16 heavy (non-hydrogen) atoms. The molecule has 0 atom stereocenters. The lowest BCUT2D eigenvalue weighted by molar-refractivity contribution is -0.150. The van der Waals surface area contributed by atoms with E-state index in [4.69, 9.17) is 14.2 Å². The zero-order valence-corrected chi connectivity index (χ0v) is 9.56. The van der Waals surface area contributed by atoms with E-state index in [9.17, 15) is 4.79 Å². The van der Waals surface area contributed by atoms with Gasteiger partial charge in [-0.15, -0.1) is 0 Å². The highest BCUT2D eigenvalue weighted by atomic mass is 16.6. The first-order valence-electron chi connectivity index (χ1n) is 5.12. The molecule has 0 spiro atoms. The number of carbonyl (C=O) groups is 1. The third-order valence-electron chi connectivity index (χ3n) is 1.98. The largest absolute Gasteiger partial charge is 0.497 e. The van der Waals surface area contributed by atoms with Crippen molar-refractivity contribution in [3.8, 4) is 5.75 Å². The van der Waals surface area contributed by atoms with Crippen LogP contribution in [0.15, 0.2) is 24.3 Å². The van der Waals surface area contributed by atoms with Crippen molar-refractivity contribution in [2.24, 2.45) is 0 Å². The molecule has 1 aromatic carbocycles. The molecule has 0 aliphatic carbocycles. The smallest absolute Gasteiger partial charge is 0.332 e. The molecule has 0 bridgehead atoms. The van der Waals surface area contributed by atoms with Gasteiger partial charge in [0.25, 0.3) is 0 Å². The molecule has 0 N–H and O–H groups in total. The molecule has 4 nitrogen and oxygen atoms in total. The Morgan fingerprint density at radius 1 is 1.25 bits per heavy atom. The molecular weight excluding hydrogens is 208 g/mol. The summed E-state index contributed by atoms with van der Waals surface area (Å²) in [6.45, 7) is 2.61. The molecule has 0 aliphatic rings. The van der Waals surface area contributed by atoms with Crippen LogP contribution in [0.25, 0.3) is 0 Å². The highest BCUT2D eigenvalue weighted by Gasteiger charge is 2.02. The minimum absolute atomic E-state index is 0.00660. The lowest BCUT2D eigenvalue weighted by Gasteiger charge is -2.05. The Hall–Kier alpha value is -1.55. The second kappa shape index (κ2) is 6.85. The predicted octanol–water partition coefficient (Wildman–Crippen LogP) is 1.77. The fourth-order valence-corrected chi connectivity index (χ4v) is 1.11. The average molecular weight is 224 g/mol. The quantitative estimate of drug-likeness (QED) is 0.691. The molecule has 0 radical (unpaired) electrons. The maximum Gasteiger partial charge on any atom is 0.332 e. The van der Waals surface area contributed by atoms with E-state index in [0.29, 0.717) is 6.61 Å². The summed E-state index contributed by atoms with van der Waals surface area (Å²) in [7, 11) is 1.61. The second-order valence-corrected chi connectivity index (χ2v) is 3.15. The molecule has 1 aromatic rings. The molecule has 0 aliphatic heterocycles. The minimum atomic E-state index is -0.349. The molecule has 0 unspecified atom stereocenters. The van der Waals surface area contributed by atoms with Crippen LogP contribution in [0, 0.1) is 0 Å². The number of ether oxygens (including phenoxy) is 3. The maximum absolute atomic E-state index is 11.1. The average Bonchev–Trinajstić information content (AvgIpc) is 2.34. The van der Waals surface area contributed by atoms with E-state index in [1.165, 1.54) is 0 Å². The summed E-state index contributed by atoms with van der Waals surface area (Å²) >= 11 is 0. The van der Waals surface area contributed by atoms with Crippen molar-refractivity contribution in [2.45, 2.75) is 13.5 Å². The molecular formula is C12H16O4. The molecule has 4 heteroatoms. The van der Waals surface area contributed by atoms with Crippen molar-refractivity contribution in [2.75, 3.05) is 20.3 Å². The predicted molar refractivity (Wildman–Crippen MR) is 59.3 cm³/mol. The summed E-state index contributed by atoms with van der Waals surface area (Å²) in [6.07, 6.45) is 0. The van der Waals surface area contributed by atoms with E-state index >= 15 is 0 Å². The molecule has 0 amide bonds. The topological polar surface area (TPSA) is 44.8 Å². The normalized spacial score (nSPS) is 9.88. The Morgan fingerprint density at radius 3 is 2.50 bits per heavy atom. The number of methoxy groups -OCH3 is 1. The fraction of sp³-hybridized carbons (Fsp3) is 0.417. The Labute approximate surface area is 95.1 Å². The molecule has 0 saturated carbocycles. The first-order chi connectivity index (χ1) is 7.76.